The number of rotatable bonds is 5. The van der Waals surface area contributed by atoms with E-state index >= 15 is 0 Å². The molecule has 0 saturated carbocycles. The van der Waals surface area contributed by atoms with Crippen LogP contribution >= 0.6 is 23.2 Å². The van der Waals surface area contributed by atoms with Gasteiger partial charge in [0.25, 0.3) is 5.91 Å². The first kappa shape index (κ1) is 18.9. The van der Waals surface area contributed by atoms with Crippen molar-refractivity contribution in [2.24, 2.45) is 0 Å². The zero-order valence-electron chi connectivity index (χ0n) is 14.8. The molecule has 144 valence electrons. The number of halogens is 2. The Hall–Kier alpha value is -3.42. The summed E-state index contributed by atoms with van der Waals surface area (Å²) in [6, 6.07) is 16.8. The minimum absolute atomic E-state index is 0.284. The van der Waals surface area contributed by atoms with Gasteiger partial charge in [-0.3, -0.25) is 4.79 Å². The van der Waals surface area contributed by atoms with E-state index in [0.29, 0.717) is 33.7 Å². The lowest BCUT2D eigenvalue weighted by Gasteiger charge is -2.09. The SMILES string of the molecule is O=C(Nc1ccc(Oc2ccc(-n3cccn3)nn2)cc1)c1ccc(Cl)cc1Cl. The number of nitrogens with one attached hydrogen (secondary N) is 1. The monoisotopic (exact) mass is 425 g/mol. The average molecular weight is 426 g/mol. The van der Waals surface area contributed by atoms with Gasteiger partial charge in [0.1, 0.15) is 5.75 Å². The highest BCUT2D eigenvalue weighted by atomic mass is 35.5. The molecule has 7 nitrogen and oxygen atoms in total. The summed E-state index contributed by atoms with van der Waals surface area (Å²) >= 11 is 11.9. The maximum atomic E-state index is 12.4. The second kappa shape index (κ2) is 8.30. The molecule has 0 spiro atoms. The molecular weight excluding hydrogens is 413 g/mol. The van der Waals surface area contributed by atoms with Gasteiger partial charge in [0.05, 0.1) is 10.6 Å². The summed E-state index contributed by atoms with van der Waals surface area (Å²) < 4.78 is 7.27. The Morgan fingerprint density at radius 2 is 1.83 bits per heavy atom. The van der Waals surface area contributed by atoms with Crippen molar-refractivity contribution in [3.8, 4) is 17.4 Å². The van der Waals surface area contributed by atoms with E-state index in [1.807, 2.05) is 0 Å². The Balaban J connectivity index is 1.40. The van der Waals surface area contributed by atoms with Crippen LogP contribution in [0, 0.1) is 0 Å². The first-order valence-corrected chi connectivity index (χ1v) is 9.22. The lowest BCUT2D eigenvalue weighted by molar-refractivity contribution is 0.102. The van der Waals surface area contributed by atoms with Gasteiger partial charge in [0.15, 0.2) is 5.82 Å². The number of hydrogen-bond acceptors (Lipinski definition) is 5. The predicted molar refractivity (Wildman–Crippen MR) is 110 cm³/mol. The minimum atomic E-state index is -0.333. The summed E-state index contributed by atoms with van der Waals surface area (Å²) in [7, 11) is 0. The maximum absolute atomic E-state index is 12.4. The first-order chi connectivity index (χ1) is 14.1. The highest BCUT2D eigenvalue weighted by Gasteiger charge is 2.11. The van der Waals surface area contributed by atoms with E-state index in [4.69, 9.17) is 27.9 Å². The summed E-state index contributed by atoms with van der Waals surface area (Å²) in [5, 5.41) is 15.7. The van der Waals surface area contributed by atoms with Gasteiger partial charge in [0.2, 0.25) is 5.88 Å². The quantitative estimate of drug-likeness (QED) is 0.485. The molecule has 0 bridgehead atoms. The van der Waals surface area contributed by atoms with Crippen LogP contribution in [0.3, 0.4) is 0 Å². The Morgan fingerprint density at radius 3 is 2.48 bits per heavy atom. The zero-order valence-corrected chi connectivity index (χ0v) is 16.3. The fourth-order valence-corrected chi connectivity index (χ4v) is 2.99. The molecule has 2 aromatic carbocycles. The van der Waals surface area contributed by atoms with Gasteiger partial charge in [-0.25, -0.2) is 4.68 Å². The normalized spacial score (nSPS) is 10.6. The molecule has 1 amide bonds. The fraction of sp³-hybridized carbons (Fsp3) is 0. The van der Waals surface area contributed by atoms with Gasteiger partial charge >= 0.3 is 0 Å². The van der Waals surface area contributed by atoms with E-state index in [1.54, 1.807) is 71.7 Å². The number of hydrogen-bond donors (Lipinski definition) is 1. The molecule has 0 aliphatic carbocycles. The van der Waals surface area contributed by atoms with Crippen LogP contribution in [0.1, 0.15) is 10.4 Å². The molecule has 0 fully saturated rings. The van der Waals surface area contributed by atoms with E-state index in [1.165, 1.54) is 6.07 Å². The second-order valence-corrected chi connectivity index (χ2v) is 6.73. The number of carbonyl (C=O) groups is 1. The third-order valence-electron chi connectivity index (χ3n) is 3.88. The van der Waals surface area contributed by atoms with Gasteiger partial charge in [-0.05, 0) is 54.6 Å². The largest absolute Gasteiger partial charge is 0.438 e. The Labute approximate surface area is 175 Å². The molecule has 4 rings (SSSR count). The zero-order chi connectivity index (χ0) is 20.2. The van der Waals surface area contributed by atoms with E-state index in [9.17, 15) is 4.79 Å². The molecule has 9 heteroatoms. The van der Waals surface area contributed by atoms with Crippen molar-refractivity contribution in [2.45, 2.75) is 0 Å². The molecule has 4 aromatic rings. The van der Waals surface area contributed by atoms with Crippen LogP contribution in [-0.4, -0.2) is 25.9 Å². The van der Waals surface area contributed by atoms with Crippen LogP contribution in [0.2, 0.25) is 10.0 Å². The van der Waals surface area contributed by atoms with Crippen molar-refractivity contribution in [3.05, 3.63) is 88.7 Å². The highest BCUT2D eigenvalue weighted by molar-refractivity contribution is 6.37. The number of nitrogens with zero attached hydrogens (tertiary/aromatic N) is 4. The lowest BCUT2D eigenvalue weighted by Crippen LogP contribution is -2.12. The van der Waals surface area contributed by atoms with E-state index in [-0.39, 0.29) is 10.9 Å². The van der Waals surface area contributed by atoms with E-state index in [0.717, 1.165) is 0 Å². The Bertz CT molecular complexity index is 1130. The third-order valence-corrected chi connectivity index (χ3v) is 4.42. The molecule has 2 heterocycles. The number of benzene rings is 2. The Morgan fingerprint density at radius 1 is 1.00 bits per heavy atom. The average Bonchev–Trinajstić information content (AvgIpc) is 3.25. The van der Waals surface area contributed by atoms with Gasteiger partial charge < -0.3 is 10.1 Å². The molecule has 0 radical (unpaired) electrons. The predicted octanol–water partition coefficient (Wildman–Crippen LogP) is 5.01. The molecule has 29 heavy (non-hydrogen) atoms. The molecule has 1 N–H and O–H groups in total. The molecule has 0 saturated heterocycles. The highest BCUT2D eigenvalue weighted by Crippen LogP contribution is 2.24. The molecule has 0 aliphatic heterocycles. The number of amides is 1. The number of anilines is 1. The number of ether oxygens (including phenoxy) is 1. The Kier molecular flexibility index (Phi) is 5.41. The van der Waals surface area contributed by atoms with Crippen molar-refractivity contribution in [1.29, 1.82) is 0 Å². The molecule has 2 aromatic heterocycles. The van der Waals surface area contributed by atoms with Gasteiger partial charge in [-0.1, -0.05) is 23.2 Å². The smallest absolute Gasteiger partial charge is 0.257 e. The van der Waals surface area contributed by atoms with Crippen LogP contribution in [0.25, 0.3) is 5.82 Å². The van der Waals surface area contributed by atoms with Gasteiger partial charge in [-0.15, -0.1) is 10.2 Å². The van der Waals surface area contributed by atoms with Gasteiger partial charge in [0, 0.05) is 29.2 Å². The van der Waals surface area contributed by atoms with Crippen LogP contribution < -0.4 is 10.1 Å². The third kappa shape index (κ3) is 4.53. The number of aromatic nitrogens is 4. The second-order valence-electron chi connectivity index (χ2n) is 5.89. The summed E-state index contributed by atoms with van der Waals surface area (Å²) in [6.45, 7) is 0. The summed E-state index contributed by atoms with van der Waals surface area (Å²) in [4.78, 5) is 12.4. The fourth-order valence-electron chi connectivity index (χ4n) is 2.49. The maximum Gasteiger partial charge on any atom is 0.257 e. The lowest BCUT2D eigenvalue weighted by atomic mass is 10.2. The topological polar surface area (TPSA) is 81.9 Å². The van der Waals surface area contributed by atoms with E-state index < -0.39 is 0 Å². The van der Waals surface area contributed by atoms with Crippen molar-refractivity contribution >= 4 is 34.8 Å². The van der Waals surface area contributed by atoms with Crippen molar-refractivity contribution in [3.63, 3.8) is 0 Å². The molecule has 0 aliphatic rings. The van der Waals surface area contributed by atoms with Crippen LogP contribution in [0.4, 0.5) is 5.69 Å². The standard InChI is InChI=1S/C20H13Cl2N5O2/c21-13-2-7-16(17(22)12-13)20(28)24-14-3-5-15(6-4-14)29-19-9-8-18(25-26-19)27-11-1-10-23-27/h1-12H,(H,24,28). The molecule has 0 unspecified atom stereocenters. The molecular formula is C20H13Cl2N5O2. The number of carbonyl (C=O) groups excluding carboxylic acids is 1. The van der Waals surface area contributed by atoms with Crippen molar-refractivity contribution in [1.82, 2.24) is 20.0 Å². The van der Waals surface area contributed by atoms with E-state index in [2.05, 4.69) is 20.6 Å². The summed E-state index contributed by atoms with van der Waals surface area (Å²) in [5.41, 5.74) is 0.928. The van der Waals surface area contributed by atoms with Gasteiger partial charge in [-0.2, -0.15) is 5.10 Å². The molecule has 0 atom stereocenters. The summed E-state index contributed by atoms with van der Waals surface area (Å²) in [6.07, 6.45) is 3.43. The van der Waals surface area contributed by atoms with Crippen LogP contribution in [0.15, 0.2) is 73.1 Å². The van der Waals surface area contributed by atoms with Crippen LogP contribution in [-0.2, 0) is 0 Å². The van der Waals surface area contributed by atoms with Crippen molar-refractivity contribution < 1.29 is 9.53 Å². The van der Waals surface area contributed by atoms with Crippen molar-refractivity contribution in [2.75, 3.05) is 5.32 Å². The minimum Gasteiger partial charge on any atom is -0.438 e. The first-order valence-electron chi connectivity index (χ1n) is 8.46. The van der Waals surface area contributed by atoms with Crippen LogP contribution in [0.5, 0.6) is 11.6 Å². The summed E-state index contributed by atoms with van der Waals surface area (Å²) in [5.74, 6) is 1.14.